The van der Waals surface area contributed by atoms with Crippen LogP contribution in [0.3, 0.4) is 0 Å². The summed E-state index contributed by atoms with van der Waals surface area (Å²) in [5, 5.41) is 12.3. The van der Waals surface area contributed by atoms with E-state index in [0.29, 0.717) is 38.2 Å². The zero-order chi connectivity index (χ0) is 25.0. The van der Waals surface area contributed by atoms with Crippen LogP contribution in [0.25, 0.3) is 10.6 Å². The van der Waals surface area contributed by atoms with Gasteiger partial charge in [0, 0.05) is 56.8 Å². The normalized spacial score (nSPS) is 14.1. The van der Waals surface area contributed by atoms with Gasteiger partial charge in [0.2, 0.25) is 5.91 Å². The monoisotopic (exact) mass is 502 g/mol. The van der Waals surface area contributed by atoms with Gasteiger partial charge in [0.25, 0.3) is 5.91 Å². The van der Waals surface area contributed by atoms with Gasteiger partial charge in [-0.15, -0.1) is 11.3 Å². The van der Waals surface area contributed by atoms with Gasteiger partial charge in [-0.05, 0) is 32.2 Å². The summed E-state index contributed by atoms with van der Waals surface area (Å²) in [6, 6.07) is 9.75. The summed E-state index contributed by atoms with van der Waals surface area (Å²) < 4.78 is 5.15. The van der Waals surface area contributed by atoms with Crippen molar-refractivity contribution in [3.8, 4) is 10.6 Å². The van der Waals surface area contributed by atoms with Crippen LogP contribution in [0.1, 0.15) is 41.0 Å². The van der Waals surface area contributed by atoms with Crippen LogP contribution in [0.4, 0.5) is 0 Å². The van der Waals surface area contributed by atoms with Crippen molar-refractivity contribution in [1.82, 2.24) is 20.1 Å². The number of aromatic nitrogens is 1. The van der Waals surface area contributed by atoms with Crippen molar-refractivity contribution in [3.63, 3.8) is 0 Å². The molecule has 9 nitrogen and oxygen atoms in total. The minimum Gasteiger partial charge on any atom is -0.481 e. The van der Waals surface area contributed by atoms with Crippen molar-refractivity contribution in [2.75, 3.05) is 53.0 Å². The second-order valence-corrected chi connectivity index (χ2v) is 9.59. The molecule has 1 fully saturated rings. The summed E-state index contributed by atoms with van der Waals surface area (Å²) in [6.45, 7) is 4.09. The van der Waals surface area contributed by atoms with Gasteiger partial charge in [-0.25, -0.2) is 4.98 Å². The maximum absolute atomic E-state index is 13.0. The van der Waals surface area contributed by atoms with Gasteiger partial charge < -0.3 is 20.1 Å². The fourth-order valence-corrected chi connectivity index (χ4v) is 5.07. The molecule has 1 aliphatic heterocycles. The van der Waals surface area contributed by atoms with Crippen molar-refractivity contribution in [3.05, 3.63) is 40.9 Å². The molecule has 0 spiro atoms. The molecule has 190 valence electrons. The number of thiazole rings is 1. The minimum atomic E-state index is -0.765. The predicted molar refractivity (Wildman–Crippen MR) is 135 cm³/mol. The molecular weight excluding hydrogens is 468 g/mol. The van der Waals surface area contributed by atoms with E-state index in [1.807, 2.05) is 30.3 Å². The van der Waals surface area contributed by atoms with Crippen LogP contribution in [0, 0.1) is 0 Å². The number of carbonyl (C=O) groups excluding carboxylic acids is 2. The number of carboxylic acid groups (broad SMARTS) is 1. The number of rotatable bonds is 13. The van der Waals surface area contributed by atoms with E-state index in [4.69, 9.17) is 9.84 Å². The Labute approximate surface area is 210 Å². The SMILES string of the molecule is COCCCc1sc(-c2ccccc2)nc1C(=O)NCC(=O)N1CCN(CCCCC(=O)O)CC1. The zero-order valence-corrected chi connectivity index (χ0v) is 21.0. The Bertz CT molecular complexity index is 973. The molecule has 2 aromatic rings. The van der Waals surface area contributed by atoms with Crippen LogP contribution in [0.15, 0.2) is 30.3 Å². The fourth-order valence-electron chi connectivity index (χ4n) is 3.96. The van der Waals surface area contributed by atoms with Gasteiger partial charge in [0.05, 0.1) is 6.54 Å². The molecule has 1 saturated heterocycles. The van der Waals surface area contributed by atoms with Crippen LogP contribution in [-0.2, 0) is 20.7 Å². The first-order valence-corrected chi connectivity index (χ1v) is 12.8. The number of benzene rings is 1. The van der Waals surface area contributed by atoms with Gasteiger partial charge >= 0.3 is 5.97 Å². The van der Waals surface area contributed by atoms with Crippen LogP contribution >= 0.6 is 11.3 Å². The third-order valence-electron chi connectivity index (χ3n) is 5.93. The number of methoxy groups -OCH3 is 1. The van der Waals surface area contributed by atoms with E-state index in [1.165, 1.54) is 11.3 Å². The highest BCUT2D eigenvalue weighted by atomic mass is 32.1. The number of amides is 2. The Morgan fingerprint density at radius 2 is 1.83 bits per heavy atom. The first-order valence-electron chi connectivity index (χ1n) is 12.0. The van der Waals surface area contributed by atoms with Gasteiger partial charge in [-0.3, -0.25) is 19.3 Å². The smallest absolute Gasteiger partial charge is 0.303 e. The van der Waals surface area contributed by atoms with E-state index in [-0.39, 0.29) is 24.8 Å². The second kappa shape index (κ2) is 13.9. The zero-order valence-electron chi connectivity index (χ0n) is 20.2. The third-order valence-corrected chi connectivity index (χ3v) is 7.09. The van der Waals surface area contributed by atoms with Crippen LogP contribution in [-0.4, -0.2) is 90.7 Å². The van der Waals surface area contributed by atoms with Crippen molar-refractivity contribution >= 4 is 29.1 Å². The van der Waals surface area contributed by atoms with Crippen molar-refractivity contribution in [2.24, 2.45) is 0 Å². The topological polar surface area (TPSA) is 112 Å². The third kappa shape index (κ3) is 8.41. The van der Waals surface area contributed by atoms with Crippen molar-refractivity contribution in [1.29, 1.82) is 0 Å². The van der Waals surface area contributed by atoms with Crippen molar-refractivity contribution in [2.45, 2.75) is 32.1 Å². The summed E-state index contributed by atoms with van der Waals surface area (Å²) >= 11 is 1.50. The Kier molecular flexibility index (Phi) is 10.6. The van der Waals surface area contributed by atoms with Crippen LogP contribution < -0.4 is 5.32 Å². The lowest BCUT2D eigenvalue weighted by Crippen LogP contribution is -2.51. The number of aryl methyl sites for hydroxylation is 1. The molecule has 0 bridgehead atoms. The standard InChI is InChI=1S/C25H34N4O5S/c1-34-17-7-10-20-23(27-25(35-20)19-8-3-2-4-9-19)24(33)26-18-21(30)29-15-13-28(14-16-29)12-6-5-11-22(31)32/h2-4,8-9H,5-7,10-18H2,1H3,(H,26,33)(H,31,32). The van der Waals surface area contributed by atoms with Gasteiger partial charge in [0.15, 0.2) is 0 Å². The van der Waals surface area contributed by atoms with E-state index >= 15 is 0 Å². The highest BCUT2D eigenvalue weighted by molar-refractivity contribution is 7.15. The lowest BCUT2D eigenvalue weighted by atomic mass is 10.2. The first kappa shape index (κ1) is 26.8. The van der Waals surface area contributed by atoms with E-state index < -0.39 is 5.97 Å². The number of unbranched alkanes of at least 4 members (excludes halogenated alkanes) is 1. The molecule has 0 atom stereocenters. The van der Waals surface area contributed by atoms with E-state index in [2.05, 4.69) is 15.2 Å². The predicted octanol–water partition coefficient (Wildman–Crippen LogP) is 2.52. The molecule has 1 aromatic heterocycles. The molecular formula is C25H34N4O5S. The number of nitrogens with zero attached hydrogens (tertiary/aromatic N) is 3. The average molecular weight is 503 g/mol. The maximum atomic E-state index is 13.0. The Balaban J connectivity index is 1.50. The van der Waals surface area contributed by atoms with Crippen LogP contribution in [0.2, 0.25) is 0 Å². The lowest BCUT2D eigenvalue weighted by Gasteiger charge is -2.34. The Morgan fingerprint density at radius 3 is 2.51 bits per heavy atom. The number of hydrogen-bond acceptors (Lipinski definition) is 7. The molecule has 2 heterocycles. The summed E-state index contributed by atoms with van der Waals surface area (Å²) in [5.74, 6) is -1.21. The van der Waals surface area contributed by atoms with E-state index in [9.17, 15) is 14.4 Å². The summed E-state index contributed by atoms with van der Waals surface area (Å²) in [4.78, 5) is 45.8. The number of nitrogens with one attached hydrogen (secondary N) is 1. The number of piperazine rings is 1. The molecule has 10 heteroatoms. The second-order valence-electron chi connectivity index (χ2n) is 8.51. The highest BCUT2D eigenvalue weighted by Crippen LogP contribution is 2.29. The average Bonchev–Trinajstić information content (AvgIpc) is 3.30. The molecule has 0 aliphatic carbocycles. The molecule has 0 radical (unpaired) electrons. The molecule has 2 amide bonds. The number of carboxylic acids is 1. The first-order chi connectivity index (χ1) is 17.0. The summed E-state index contributed by atoms with van der Waals surface area (Å²) in [6.07, 6.45) is 3.16. The Hall–Kier alpha value is -2.82. The lowest BCUT2D eigenvalue weighted by molar-refractivity contribution is -0.137. The fraction of sp³-hybridized carbons (Fsp3) is 0.520. The summed E-state index contributed by atoms with van der Waals surface area (Å²) in [7, 11) is 1.65. The van der Waals surface area contributed by atoms with Gasteiger partial charge in [0.1, 0.15) is 10.7 Å². The maximum Gasteiger partial charge on any atom is 0.303 e. The van der Waals surface area contributed by atoms with Crippen LogP contribution in [0.5, 0.6) is 0 Å². The van der Waals surface area contributed by atoms with Gasteiger partial charge in [-0.1, -0.05) is 30.3 Å². The molecule has 1 aromatic carbocycles. The molecule has 3 rings (SSSR count). The molecule has 2 N–H and O–H groups in total. The quantitative estimate of drug-likeness (QED) is 0.405. The minimum absolute atomic E-state index is 0.0623. The van der Waals surface area contributed by atoms with E-state index in [0.717, 1.165) is 47.9 Å². The Morgan fingerprint density at radius 1 is 1.09 bits per heavy atom. The summed E-state index contributed by atoms with van der Waals surface area (Å²) in [5.41, 5.74) is 1.34. The van der Waals surface area contributed by atoms with Crippen molar-refractivity contribution < 1.29 is 24.2 Å². The highest BCUT2D eigenvalue weighted by Gasteiger charge is 2.23. The molecule has 35 heavy (non-hydrogen) atoms. The number of aliphatic carboxylic acids is 1. The van der Waals surface area contributed by atoms with E-state index in [1.54, 1.807) is 12.0 Å². The molecule has 0 unspecified atom stereocenters. The molecule has 0 saturated carbocycles. The molecule has 1 aliphatic rings. The largest absolute Gasteiger partial charge is 0.481 e. The number of ether oxygens (including phenoxy) is 1. The van der Waals surface area contributed by atoms with Gasteiger partial charge in [-0.2, -0.15) is 0 Å². The number of carbonyl (C=O) groups is 3. The number of hydrogen-bond donors (Lipinski definition) is 2.